The summed E-state index contributed by atoms with van der Waals surface area (Å²) in [6, 6.07) is 6.23. The van der Waals surface area contributed by atoms with Crippen LogP contribution in [0.2, 0.25) is 0 Å². The van der Waals surface area contributed by atoms with Crippen LogP contribution in [0.1, 0.15) is 18.1 Å². The molecule has 1 amide bonds. The fraction of sp³-hybridized carbons (Fsp3) is 0.500. The monoisotopic (exact) mass is 247 g/mol. The second kappa shape index (κ2) is 5.50. The Bertz CT molecular complexity index is 445. The third-order valence-corrected chi connectivity index (χ3v) is 3.45. The molecule has 98 valence electrons. The summed E-state index contributed by atoms with van der Waals surface area (Å²) >= 11 is 0. The van der Waals surface area contributed by atoms with Crippen LogP contribution in [-0.2, 0) is 17.8 Å². The van der Waals surface area contributed by atoms with Gasteiger partial charge in [0.1, 0.15) is 0 Å². The molecule has 4 heteroatoms. The van der Waals surface area contributed by atoms with Crippen molar-refractivity contribution < 1.29 is 4.79 Å². The summed E-state index contributed by atoms with van der Waals surface area (Å²) in [7, 11) is 1.83. The Kier molecular flexibility index (Phi) is 3.99. The van der Waals surface area contributed by atoms with E-state index in [2.05, 4.69) is 24.4 Å². The molecule has 2 rings (SSSR count). The summed E-state index contributed by atoms with van der Waals surface area (Å²) < 4.78 is 0. The Labute approximate surface area is 108 Å². The lowest BCUT2D eigenvalue weighted by atomic mass is 10.1. The van der Waals surface area contributed by atoms with Crippen molar-refractivity contribution >= 4 is 11.6 Å². The highest BCUT2D eigenvalue weighted by Gasteiger charge is 2.23. The number of nitrogens with zero attached hydrogens (tertiary/aromatic N) is 1. The van der Waals surface area contributed by atoms with Gasteiger partial charge in [0.15, 0.2) is 0 Å². The minimum Gasteiger partial charge on any atom is -0.330 e. The molecule has 1 heterocycles. The van der Waals surface area contributed by atoms with Crippen LogP contribution < -0.4 is 16.0 Å². The number of rotatable bonds is 5. The van der Waals surface area contributed by atoms with Crippen LogP contribution in [0, 0.1) is 5.92 Å². The number of nitrogens with one attached hydrogen (secondary N) is 1. The van der Waals surface area contributed by atoms with E-state index in [0.717, 1.165) is 24.3 Å². The molecule has 1 aromatic rings. The lowest BCUT2D eigenvalue weighted by molar-refractivity contribution is -0.117. The van der Waals surface area contributed by atoms with E-state index >= 15 is 0 Å². The van der Waals surface area contributed by atoms with Crippen molar-refractivity contribution in [2.75, 3.05) is 25.0 Å². The second-order valence-corrected chi connectivity index (χ2v) is 5.06. The van der Waals surface area contributed by atoms with Crippen LogP contribution in [0.25, 0.3) is 0 Å². The van der Waals surface area contributed by atoms with Crippen molar-refractivity contribution in [1.82, 2.24) is 5.32 Å². The van der Waals surface area contributed by atoms with E-state index in [0.29, 0.717) is 18.9 Å². The zero-order valence-corrected chi connectivity index (χ0v) is 11.1. The van der Waals surface area contributed by atoms with Gasteiger partial charge in [0.2, 0.25) is 5.91 Å². The van der Waals surface area contributed by atoms with Gasteiger partial charge in [0, 0.05) is 19.3 Å². The smallest absolute Gasteiger partial charge is 0.231 e. The number of nitrogens with two attached hydrogens (primary N) is 1. The third kappa shape index (κ3) is 2.71. The molecule has 0 saturated carbocycles. The van der Waals surface area contributed by atoms with Gasteiger partial charge < -0.3 is 16.0 Å². The number of likely N-dealkylation sites (N-methyl/N-ethyl adjacent to an activating group) is 1. The van der Waals surface area contributed by atoms with Crippen molar-refractivity contribution in [3.63, 3.8) is 0 Å². The van der Waals surface area contributed by atoms with Crippen LogP contribution in [0.3, 0.4) is 0 Å². The first kappa shape index (κ1) is 13.1. The molecule has 1 unspecified atom stereocenters. The van der Waals surface area contributed by atoms with E-state index < -0.39 is 0 Å². The highest BCUT2D eigenvalue weighted by Crippen LogP contribution is 2.28. The highest BCUT2D eigenvalue weighted by atomic mass is 16.2. The maximum absolute atomic E-state index is 11.6. The largest absolute Gasteiger partial charge is 0.330 e. The number of fused-ring (bicyclic) bond motifs is 1. The number of anilines is 1. The van der Waals surface area contributed by atoms with Crippen molar-refractivity contribution in [2.45, 2.75) is 19.9 Å². The van der Waals surface area contributed by atoms with Crippen LogP contribution in [0.15, 0.2) is 18.2 Å². The molecule has 1 atom stereocenters. The molecule has 0 radical (unpaired) electrons. The molecular formula is C14H21N3O. The Morgan fingerprint density at radius 3 is 3.00 bits per heavy atom. The van der Waals surface area contributed by atoms with Gasteiger partial charge in [-0.15, -0.1) is 0 Å². The summed E-state index contributed by atoms with van der Waals surface area (Å²) in [4.78, 5) is 13.3. The molecule has 4 nitrogen and oxygen atoms in total. The average Bonchev–Trinajstić information content (AvgIpc) is 2.64. The van der Waals surface area contributed by atoms with Gasteiger partial charge in [-0.25, -0.2) is 0 Å². The zero-order valence-electron chi connectivity index (χ0n) is 11.1. The third-order valence-electron chi connectivity index (χ3n) is 3.45. The van der Waals surface area contributed by atoms with Crippen molar-refractivity contribution in [2.24, 2.45) is 11.7 Å². The Morgan fingerprint density at radius 2 is 2.28 bits per heavy atom. The number of hydrogen-bond donors (Lipinski definition) is 2. The number of benzene rings is 1. The van der Waals surface area contributed by atoms with Crippen LogP contribution in [0.4, 0.5) is 5.69 Å². The molecule has 1 aromatic carbocycles. The van der Waals surface area contributed by atoms with Crippen LogP contribution in [0.5, 0.6) is 0 Å². The van der Waals surface area contributed by atoms with Gasteiger partial charge in [0.25, 0.3) is 0 Å². The molecular weight excluding hydrogens is 226 g/mol. The van der Waals surface area contributed by atoms with E-state index in [1.807, 2.05) is 13.1 Å². The van der Waals surface area contributed by atoms with E-state index in [-0.39, 0.29) is 5.91 Å². The summed E-state index contributed by atoms with van der Waals surface area (Å²) in [6.45, 7) is 4.59. The van der Waals surface area contributed by atoms with Crippen LogP contribution >= 0.6 is 0 Å². The van der Waals surface area contributed by atoms with Gasteiger partial charge in [-0.3, -0.25) is 4.79 Å². The summed E-state index contributed by atoms with van der Waals surface area (Å²) in [5, 5.41) is 3.39. The highest BCUT2D eigenvalue weighted by molar-refractivity contribution is 6.00. The van der Waals surface area contributed by atoms with Crippen molar-refractivity contribution in [3.8, 4) is 0 Å². The lowest BCUT2D eigenvalue weighted by Gasteiger charge is -2.12. The Balaban J connectivity index is 1.96. The molecule has 0 aromatic heterocycles. The van der Waals surface area contributed by atoms with Crippen LogP contribution in [-0.4, -0.2) is 26.0 Å². The lowest BCUT2D eigenvalue weighted by Crippen LogP contribution is -2.25. The fourth-order valence-corrected chi connectivity index (χ4v) is 2.18. The number of amides is 1. The normalized spacial score (nSPS) is 15.9. The van der Waals surface area contributed by atoms with E-state index in [1.165, 1.54) is 5.56 Å². The molecule has 18 heavy (non-hydrogen) atoms. The fourth-order valence-electron chi connectivity index (χ4n) is 2.18. The number of hydrogen-bond acceptors (Lipinski definition) is 3. The first-order chi connectivity index (χ1) is 8.61. The molecule has 0 spiro atoms. The van der Waals surface area contributed by atoms with Gasteiger partial charge in [-0.2, -0.15) is 0 Å². The van der Waals surface area contributed by atoms with Crippen molar-refractivity contribution in [3.05, 3.63) is 29.3 Å². The first-order valence-electron chi connectivity index (χ1n) is 6.41. The van der Waals surface area contributed by atoms with Crippen molar-refractivity contribution in [1.29, 1.82) is 0 Å². The summed E-state index contributed by atoms with van der Waals surface area (Å²) in [5.41, 5.74) is 8.97. The SMILES string of the molecule is CC(CN)CNCc1ccc2c(c1)CC(=O)N2C. The second-order valence-electron chi connectivity index (χ2n) is 5.06. The predicted octanol–water partition coefficient (Wildman–Crippen LogP) is 0.890. The van der Waals surface area contributed by atoms with Gasteiger partial charge in [0.05, 0.1) is 6.42 Å². The maximum atomic E-state index is 11.6. The Hall–Kier alpha value is -1.39. The molecule has 1 aliphatic rings. The first-order valence-corrected chi connectivity index (χ1v) is 6.41. The summed E-state index contributed by atoms with van der Waals surface area (Å²) in [5.74, 6) is 0.666. The number of carbonyl (C=O) groups excluding carboxylic acids is 1. The predicted molar refractivity (Wildman–Crippen MR) is 73.5 cm³/mol. The molecule has 0 saturated heterocycles. The zero-order chi connectivity index (χ0) is 13.1. The minimum atomic E-state index is 0.173. The molecule has 0 aliphatic carbocycles. The van der Waals surface area contributed by atoms with E-state index in [1.54, 1.807) is 4.90 Å². The van der Waals surface area contributed by atoms with Gasteiger partial charge in [-0.1, -0.05) is 19.1 Å². The quantitative estimate of drug-likeness (QED) is 0.812. The number of carbonyl (C=O) groups is 1. The molecule has 1 aliphatic heterocycles. The van der Waals surface area contributed by atoms with Gasteiger partial charge >= 0.3 is 0 Å². The standard InChI is InChI=1S/C14H21N3O/c1-10(7-15)8-16-9-11-3-4-13-12(5-11)6-14(18)17(13)2/h3-5,10,16H,6-9,15H2,1-2H3. The molecule has 0 fully saturated rings. The average molecular weight is 247 g/mol. The Morgan fingerprint density at radius 1 is 1.50 bits per heavy atom. The summed E-state index contributed by atoms with van der Waals surface area (Å²) in [6.07, 6.45) is 0.527. The topological polar surface area (TPSA) is 58.4 Å². The van der Waals surface area contributed by atoms with E-state index in [9.17, 15) is 4.79 Å². The molecule has 3 N–H and O–H groups in total. The van der Waals surface area contributed by atoms with Gasteiger partial charge in [-0.05, 0) is 36.2 Å². The molecule has 0 bridgehead atoms. The van der Waals surface area contributed by atoms with E-state index in [4.69, 9.17) is 5.73 Å². The minimum absolute atomic E-state index is 0.173. The maximum Gasteiger partial charge on any atom is 0.231 e.